The Morgan fingerprint density at radius 2 is 1.12 bits per heavy atom. The normalized spacial score (nSPS) is 24.1. The lowest BCUT2D eigenvalue weighted by Gasteiger charge is -2.18. The van der Waals surface area contributed by atoms with Crippen LogP contribution in [0.25, 0.3) is 0 Å². The van der Waals surface area contributed by atoms with Gasteiger partial charge in [0.15, 0.2) is 0 Å². The number of hydrogen-bond donors (Lipinski definition) is 0. The third kappa shape index (κ3) is 3.72. The summed E-state index contributed by atoms with van der Waals surface area (Å²) < 4.78 is 0. The van der Waals surface area contributed by atoms with E-state index >= 15 is 0 Å². The maximum Gasteiger partial charge on any atom is 0.00556 e. The average molecular weight is 234 g/mol. The Bertz CT molecular complexity index is 340. The van der Waals surface area contributed by atoms with Crippen molar-refractivity contribution in [2.24, 2.45) is 22.7 Å². The molecule has 0 aliphatic heterocycles. The highest BCUT2D eigenvalue weighted by molar-refractivity contribution is 5.39. The quantitative estimate of drug-likeness (QED) is 0.478. The van der Waals surface area contributed by atoms with Gasteiger partial charge in [0.1, 0.15) is 0 Å². The Labute approximate surface area is 108 Å². The van der Waals surface area contributed by atoms with Gasteiger partial charge >= 0.3 is 0 Å². The molecule has 2 rings (SSSR count). The second kappa shape index (κ2) is 4.30. The SMILES string of the molecule is CC1=C(C)C1C(C)(C)C.CC1=CC1C(C)(C)C. The Balaban J connectivity index is 0.000000171. The molecule has 98 valence electrons. The van der Waals surface area contributed by atoms with Crippen molar-refractivity contribution in [1.82, 2.24) is 0 Å². The summed E-state index contributed by atoms with van der Waals surface area (Å²) in [5, 5.41) is 0. The summed E-state index contributed by atoms with van der Waals surface area (Å²) in [5.74, 6) is 1.62. The van der Waals surface area contributed by atoms with Gasteiger partial charge in [0.25, 0.3) is 0 Å². The van der Waals surface area contributed by atoms with Gasteiger partial charge in [-0.25, -0.2) is 0 Å². The molecule has 0 saturated heterocycles. The third-order valence-corrected chi connectivity index (χ3v) is 4.01. The Morgan fingerprint density at radius 1 is 0.765 bits per heavy atom. The van der Waals surface area contributed by atoms with Crippen LogP contribution in [0.3, 0.4) is 0 Å². The molecule has 2 aliphatic carbocycles. The van der Waals surface area contributed by atoms with E-state index in [1.807, 2.05) is 0 Å². The van der Waals surface area contributed by atoms with E-state index < -0.39 is 0 Å². The Kier molecular flexibility index (Phi) is 3.68. The molecule has 0 N–H and O–H groups in total. The van der Waals surface area contributed by atoms with Crippen LogP contribution in [0.4, 0.5) is 0 Å². The second-order valence-corrected chi connectivity index (χ2v) is 7.92. The van der Waals surface area contributed by atoms with Gasteiger partial charge in [0.2, 0.25) is 0 Å². The van der Waals surface area contributed by atoms with E-state index in [1.54, 1.807) is 16.7 Å². The summed E-state index contributed by atoms with van der Waals surface area (Å²) in [7, 11) is 0. The van der Waals surface area contributed by atoms with Crippen LogP contribution in [0.5, 0.6) is 0 Å². The van der Waals surface area contributed by atoms with Crippen molar-refractivity contribution in [2.45, 2.75) is 62.3 Å². The lowest BCUT2D eigenvalue weighted by atomic mass is 9.86. The fraction of sp³-hybridized carbons (Fsp3) is 0.765. The summed E-state index contributed by atoms with van der Waals surface area (Å²) in [5.41, 5.74) is 5.76. The second-order valence-electron chi connectivity index (χ2n) is 7.92. The van der Waals surface area contributed by atoms with Crippen LogP contribution in [0.2, 0.25) is 0 Å². The van der Waals surface area contributed by atoms with Crippen molar-refractivity contribution in [3.8, 4) is 0 Å². The maximum atomic E-state index is 2.33. The van der Waals surface area contributed by atoms with E-state index in [-0.39, 0.29) is 0 Å². The van der Waals surface area contributed by atoms with Gasteiger partial charge in [-0.2, -0.15) is 0 Å². The minimum atomic E-state index is 0.480. The molecule has 1 atom stereocenters. The topological polar surface area (TPSA) is 0 Å². The van der Waals surface area contributed by atoms with E-state index in [0.29, 0.717) is 10.8 Å². The zero-order chi connectivity index (χ0) is 13.6. The summed E-state index contributed by atoms with van der Waals surface area (Å²) >= 11 is 0. The molecular weight excluding hydrogens is 204 g/mol. The van der Waals surface area contributed by atoms with E-state index in [0.717, 1.165) is 11.8 Å². The van der Waals surface area contributed by atoms with Gasteiger partial charge in [-0.3, -0.25) is 0 Å². The van der Waals surface area contributed by atoms with Crippen LogP contribution >= 0.6 is 0 Å². The van der Waals surface area contributed by atoms with E-state index in [1.165, 1.54) is 0 Å². The van der Waals surface area contributed by atoms with Gasteiger partial charge in [-0.05, 0) is 31.6 Å². The van der Waals surface area contributed by atoms with Crippen LogP contribution in [0.15, 0.2) is 22.8 Å². The van der Waals surface area contributed by atoms with Gasteiger partial charge in [-0.15, -0.1) is 0 Å². The monoisotopic (exact) mass is 234 g/mol. The highest BCUT2D eigenvalue weighted by Gasteiger charge is 2.38. The molecule has 0 fully saturated rings. The molecule has 17 heavy (non-hydrogen) atoms. The van der Waals surface area contributed by atoms with Crippen molar-refractivity contribution in [1.29, 1.82) is 0 Å². The van der Waals surface area contributed by atoms with E-state index in [4.69, 9.17) is 0 Å². The maximum absolute atomic E-state index is 2.33. The molecule has 0 spiro atoms. The molecule has 0 aromatic heterocycles. The molecule has 1 unspecified atom stereocenters. The van der Waals surface area contributed by atoms with E-state index in [2.05, 4.69) is 68.4 Å². The first-order valence-electron chi connectivity index (χ1n) is 6.82. The summed E-state index contributed by atoms with van der Waals surface area (Å²) in [6, 6.07) is 0. The largest absolute Gasteiger partial charge is 0.0773 e. The van der Waals surface area contributed by atoms with Crippen molar-refractivity contribution in [2.75, 3.05) is 0 Å². The van der Waals surface area contributed by atoms with Crippen LogP contribution in [-0.2, 0) is 0 Å². The average Bonchev–Trinajstić information content (AvgIpc) is 2.91. The lowest BCUT2D eigenvalue weighted by molar-refractivity contribution is 0.361. The van der Waals surface area contributed by atoms with Crippen LogP contribution in [0, 0.1) is 22.7 Å². The van der Waals surface area contributed by atoms with Crippen LogP contribution in [-0.4, -0.2) is 0 Å². The van der Waals surface area contributed by atoms with Gasteiger partial charge in [0.05, 0.1) is 0 Å². The number of allylic oxidation sites excluding steroid dienone is 4. The third-order valence-electron chi connectivity index (χ3n) is 4.01. The van der Waals surface area contributed by atoms with Crippen molar-refractivity contribution < 1.29 is 0 Å². The molecule has 2 aliphatic rings. The fourth-order valence-corrected chi connectivity index (χ4v) is 2.92. The molecule has 0 amide bonds. The smallest absolute Gasteiger partial charge is 0.00556 e. The zero-order valence-corrected chi connectivity index (χ0v) is 13.2. The van der Waals surface area contributed by atoms with Crippen LogP contribution < -0.4 is 0 Å². The molecule has 0 heterocycles. The number of rotatable bonds is 0. The molecular formula is C17H30. The highest BCUT2D eigenvalue weighted by atomic mass is 14.4. The first-order chi connectivity index (χ1) is 7.46. The number of hydrogen-bond acceptors (Lipinski definition) is 0. The molecule has 0 bridgehead atoms. The Hall–Kier alpha value is -0.520. The highest BCUT2D eigenvalue weighted by Crippen LogP contribution is 2.49. The molecule has 0 heteroatoms. The van der Waals surface area contributed by atoms with Gasteiger partial charge < -0.3 is 0 Å². The minimum Gasteiger partial charge on any atom is -0.0773 e. The molecule has 0 aromatic rings. The first-order valence-corrected chi connectivity index (χ1v) is 6.82. The summed E-state index contributed by atoms with van der Waals surface area (Å²) in [4.78, 5) is 0. The predicted molar refractivity (Wildman–Crippen MR) is 78.0 cm³/mol. The molecule has 0 aromatic carbocycles. The molecule has 0 nitrogen and oxygen atoms in total. The summed E-state index contributed by atoms with van der Waals surface area (Å²) in [6.07, 6.45) is 2.33. The lowest BCUT2D eigenvalue weighted by Crippen LogP contribution is -2.10. The molecule has 0 saturated carbocycles. The summed E-state index contributed by atoms with van der Waals surface area (Å²) in [6.45, 7) is 20.4. The zero-order valence-electron chi connectivity index (χ0n) is 13.2. The minimum absolute atomic E-state index is 0.480. The van der Waals surface area contributed by atoms with Crippen molar-refractivity contribution >= 4 is 0 Å². The predicted octanol–water partition coefficient (Wildman–Crippen LogP) is 5.61. The fourth-order valence-electron chi connectivity index (χ4n) is 2.92. The van der Waals surface area contributed by atoms with Crippen molar-refractivity contribution in [3.63, 3.8) is 0 Å². The van der Waals surface area contributed by atoms with Gasteiger partial charge in [0, 0.05) is 11.8 Å². The molecule has 0 radical (unpaired) electrons. The van der Waals surface area contributed by atoms with Crippen LogP contribution in [0.1, 0.15) is 62.3 Å². The van der Waals surface area contributed by atoms with Crippen molar-refractivity contribution in [3.05, 3.63) is 22.8 Å². The Morgan fingerprint density at radius 3 is 1.12 bits per heavy atom. The first kappa shape index (κ1) is 14.5. The standard InChI is InChI=1S/C9H16.C8H14/c1-6-7(2)8(6)9(3,4)5;1-6-5-7(6)8(2,3)4/h8H,1-5H3;5,7H,1-4H3. The van der Waals surface area contributed by atoms with E-state index in [9.17, 15) is 0 Å². The van der Waals surface area contributed by atoms with Gasteiger partial charge in [-0.1, -0.05) is 64.3 Å².